The molecule has 2 unspecified atom stereocenters. The van der Waals surface area contributed by atoms with Crippen LogP contribution in [0.3, 0.4) is 0 Å². The van der Waals surface area contributed by atoms with E-state index in [1.807, 2.05) is 0 Å². The van der Waals surface area contributed by atoms with E-state index in [9.17, 15) is 14.7 Å². The third kappa shape index (κ3) is 3.70. The van der Waals surface area contributed by atoms with Crippen molar-refractivity contribution in [3.63, 3.8) is 0 Å². The molecule has 0 aromatic rings. The van der Waals surface area contributed by atoms with Crippen LogP contribution < -0.4 is 0 Å². The zero-order chi connectivity index (χ0) is 11.1. The second-order valence-corrected chi connectivity index (χ2v) is 2.83. The zero-order valence-corrected chi connectivity index (χ0v) is 8.53. The van der Waals surface area contributed by atoms with Crippen molar-refractivity contribution in [1.82, 2.24) is 0 Å². The quantitative estimate of drug-likeness (QED) is 0.509. The predicted octanol–water partition coefficient (Wildman–Crippen LogP) is 0.834. The van der Waals surface area contributed by atoms with Gasteiger partial charge in [0.15, 0.2) is 6.10 Å². The molecule has 0 saturated carbocycles. The van der Waals surface area contributed by atoms with E-state index in [2.05, 4.69) is 6.58 Å². The van der Waals surface area contributed by atoms with Gasteiger partial charge in [-0.1, -0.05) is 20.4 Å². The van der Waals surface area contributed by atoms with Crippen molar-refractivity contribution in [3.05, 3.63) is 12.7 Å². The molecule has 0 spiro atoms. The van der Waals surface area contributed by atoms with Crippen molar-refractivity contribution < 1.29 is 19.4 Å². The van der Waals surface area contributed by atoms with Crippen molar-refractivity contribution in [2.24, 2.45) is 0 Å². The monoisotopic (exact) mass is 200 g/mol. The molecular weight excluding hydrogens is 184 g/mol. The van der Waals surface area contributed by atoms with Crippen LogP contribution in [0, 0.1) is 0 Å². The van der Waals surface area contributed by atoms with E-state index in [-0.39, 0.29) is 6.42 Å². The van der Waals surface area contributed by atoms with Crippen molar-refractivity contribution in [2.45, 2.75) is 38.9 Å². The minimum absolute atomic E-state index is 0.194. The number of carbonyl (C=O) groups is 2. The fraction of sp³-hybridized carbons (Fsp3) is 0.600. The Labute approximate surface area is 83.6 Å². The third-order valence-corrected chi connectivity index (χ3v) is 1.76. The second-order valence-electron chi connectivity index (χ2n) is 2.83. The Hall–Kier alpha value is -1.16. The molecule has 80 valence electrons. The summed E-state index contributed by atoms with van der Waals surface area (Å²) in [4.78, 5) is 22.3. The van der Waals surface area contributed by atoms with E-state index in [0.29, 0.717) is 6.42 Å². The summed E-state index contributed by atoms with van der Waals surface area (Å²) >= 11 is 0. The lowest BCUT2D eigenvalue weighted by Gasteiger charge is -2.15. The van der Waals surface area contributed by atoms with Crippen molar-refractivity contribution in [1.29, 1.82) is 0 Å². The van der Waals surface area contributed by atoms with Crippen LogP contribution in [-0.4, -0.2) is 29.1 Å². The van der Waals surface area contributed by atoms with Crippen LogP contribution in [0.5, 0.6) is 0 Å². The summed E-state index contributed by atoms with van der Waals surface area (Å²) in [5.41, 5.74) is 0. The molecule has 4 nitrogen and oxygen atoms in total. The number of carbonyl (C=O) groups excluding carboxylic acids is 2. The number of Topliss-reactive ketones (excluding diaryl/α,β-unsaturated/α-hetero) is 1. The maximum absolute atomic E-state index is 11.4. The summed E-state index contributed by atoms with van der Waals surface area (Å²) in [6.45, 7) is 6.68. The van der Waals surface area contributed by atoms with Crippen LogP contribution in [0.25, 0.3) is 0 Å². The lowest BCUT2D eigenvalue weighted by atomic mass is 10.1. The van der Waals surface area contributed by atoms with Crippen LogP contribution in [0.4, 0.5) is 0 Å². The first kappa shape index (κ1) is 12.8. The lowest BCUT2D eigenvalue weighted by molar-refractivity contribution is -0.154. The molecule has 0 heterocycles. The molecule has 0 aliphatic rings. The first-order valence-corrected chi connectivity index (χ1v) is 4.60. The van der Waals surface area contributed by atoms with Gasteiger partial charge in [0.25, 0.3) is 0 Å². The predicted molar refractivity (Wildman–Crippen MR) is 51.7 cm³/mol. The Kier molecular flexibility index (Phi) is 5.79. The molecule has 0 fully saturated rings. The first-order valence-electron chi connectivity index (χ1n) is 4.60. The average molecular weight is 200 g/mol. The van der Waals surface area contributed by atoms with Gasteiger partial charge < -0.3 is 9.84 Å². The second kappa shape index (κ2) is 6.32. The van der Waals surface area contributed by atoms with Gasteiger partial charge in [-0.2, -0.15) is 0 Å². The summed E-state index contributed by atoms with van der Waals surface area (Å²) in [5.74, 6) is -1.00. The van der Waals surface area contributed by atoms with Crippen molar-refractivity contribution >= 4 is 11.8 Å². The highest BCUT2D eigenvalue weighted by atomic mass is 16.5. The molecule has 1 N–H and O–H groups in total. The summed E-state index contributed by atoms with van der Waals surface area (Å²) in [7, 11) is 0. The standard InChI is InChI=1S/C10H16O4/c1-4-7(11)10(13)8(5-2)14-9(12)6-3/h5,7-8,11H,2,4,6H2,1,3H3. The lowest BCUT2D eigenvalue weighted by Crippen LogP contribution is -2.33. The van der Waals surface area contributed by atoms with Crippen LogP contribution >= 0.6 is 0 Å². The molecule has 0 aliphatic heterocycles. The number of aliphatic hydroxyl groups is 1. The van der Waals surface area contributed by atoms with Gasteiger partial charge in [0.1, 0.15) is 6.10 Å². The largest absolute Gasteiger partial charge is 0.450 e. The zero-order valence-electron chi connectivity index (χ0n) is 8.53. The Morgan fingerprint density at radius 2 is 2.07 bits per heavy atom. The number of esters is 1. The van der Waals surface area contributed by atoms with Gasteiger partial charge in [-0.25, -0.2) is 0 Å². The molecule has 0 aromatic heterocycles. The Balaban J connectivity index is 4.33. The Morgan fingerprint density at radius 1 is 1.50 bits per heavy atom. The fourth-order valence-corrected chi connectivity index (χ4v) is 0.838. The minimum Gasteiger partial charge on any atom is -0.450 e. The van der Waals surface area contributed by atoms with Crippen LogP contribution in [0.15, 0.2) is 12.7 Å². The Bertz CT molecular complexity index is 222. The van der Waals surface area contributed by atoms with E-state index in [4.69, 9.17) is 4.74 Å². The van der Waals surface area contributed by atoms with E-state index < -0.39 is 24.0 Å². The summed E-state index contributed by atoms with van der Waals surface area (Å²) in [6.07, 6.45) is -0.415. The summed E-state index contributed by atoms with van der Waals surface area (Å²) in [5, 5.41) is 9.22. The molecule has 14 heavy (non-hydrogen) atoms. The highest BCUT2D eigenvalue weighted by Gasteiger charge is 2.24. The highest BCUT2D eigenvalue weighted by Crippen LogP contribution is 2.04. The van der Waals surface area contributed by atoms with Gasteiger partial charge in [-0.3, -0.25) is 9.59 Å². The Morgan fingerprint density at radius 3 is 2.43 bits per heavy atom. The summed E-state index contributed by atoms with van der Waals surface area (Å²) < 4.78 is 4.77. The number of hydrogen-bond donors (Lipinski definition) is 1. The minimum atomic E-state index is -1.09. The molecular formula is C10H16O4. The average Bonchev–Trinajstić information content (AvgIpc) is 2.23. The van der Waals surface area contributed by atoms with Crippen molar-refractivity contribution in [3.8, 4) is 0 Å². The smallest absolute Gasteiger partial charge is 0.306 e. The topological polar surface area (TPSA) is 63.6 Å². The molecule has 0 amide bonds. The molecule has 0 radical (unpaired) electrons. The normalized spacial score (nSPS) is 14.2. The molecule has 2 atom stereocenters. The van der Waals surface area contributed by atoms with Gasteiger partial charge in [0.2, 0.25) is 5.78 Å². The number of rotatable bonds is 6. The molecule has 4 heteroatoms. The van der Waals surface area contributed by atoms with Crippen LogP contribution in [0.1, 0.15) is 26.7 Å². The number of ether oxygens (including phenoxy) is 1. The van der Waals surface area contributed by atoms with Crippen LogP contribution in [0.2, 0.25) is 0 Å². The molecule has 0 aromatic carbocycles. The maximum atomic E-state index is 11.4. The third-order valence-electron chi connectivity index (χ3n) is 1.76. The number of ketones is 1. The van der Waals surface area contributed by atoms with Crippen molar-refractivity contribution in [2.75, 3.05) is 0 Å². The maximum Gasteiger partial charge on any atom is 0.306 e. The van der Waals surface area contributed by atoms with Gasteiger partial charge in [-0.05, 0) is 12.5 Å². The highest BCUT2D eigenvalue weighted by molar-refractivity contribution is 5.90. The van der Waals surface area contributed by atoms with E-state index in [1.54, 1.807) is 13.8 Å². The van der Waals surface area contributed by atoms with E-state index >= 15 is 0 Å². The molecule has 0 aliphatic carbocycles. The van der Waals surface area contributed by atoms with Gasteiger partial charge >= 0.3 is 5.97 Å². The molecule has 0 bridgehead atoms. The van der Waals surface area contributed by atoms with Gasteiger partial charge in [0, 0.05) is 6.42 Å². The number of hydrogen-bond acceptors (Lipinski definition) is 4. The molecule has 0 rings (SSSR count). The van der Waals surface area contributed by atoms with E-state index in [0.717, 1.165) is 0 Å². The van der Waals surface area contributed by atoms with E-state index in [1.165, 1.54) is 6.08 Å². The first-order chi connectivity index (χ1) is 6.56. The fourth-order valence-electron chi connectivity index (χ4n) is 0.838. The molecule has 0 saturated heterocycles. The SMILES string of the molecule is C=CC(OC(=O)CC)C(=O)C(O)CC. The number of aliphatic hydroxyl groups excluding tert-OH is 1. The van der Waals surface area contributed by atoms with Gasteiger partial charge in [-0.15, -0.1) is 0 Å². The summed E-state index contributed by atoms with van der Waals surface area (Å²) in [6, 6.07) is 0. The van der Waals surface area contributed by atoms with Crippen LogP contribution in [-0.2, 0) is 14.3 Å². The van der Waals surface area contributed by atoms with Gasteiger partial charge in [0.05, 0.1) is 0 Å².